The molecule has 0 saturated carbocycles. The Morgan fingerprint density at radius 2 is 1.96 bits per heavy atom. The minimum atomic E-state index is 0.300. The second-order valence-corrected chi connectivity index (χ2v) is 8.33. The number of aliphatic imine (C=N–C) groups is 1. The van der Waals surface area contributed by atoms with E-state index in [2.05, 4.69) is 81.8 Å². The maximum absolute atomic E-state index is 4.59. The first-order valence-corrected chi connectivity index (χ1v) is 9.73. The average molecular weight is 348 g/mol. The van der Waals surface area contributed by atoms with Crippen molar-refractivity contribution >= 4 is 6.21 Å². The Morgan fingerprint density at radius 3 is 2.58 bits per heavy atom. The Hall–Kier alpha value is -2.11. The van der Waals surface area contributed by atoms with Crippen LogP contribution in [0.25, 0.3) is 0 Å². The van der Waals surface area contributed by atoms with Crippen LogP contribution in [0.5, 0.6) is 0 Å². The van der Waals surface area contributed by atoms with Gasteiger partial charge in [0.05, 0.1) is 5.70 Å². The van der Waals surface area contributed by atoms with Crippen molar-refractivity contribution in [1.29, 1.82) is 0 Å². The molecule has 0 atom stereocenters. The summed E-state index contributed by atoms with van der Waals surface area (Å²) in [6.07, 6.45) is 10.4. The Labute approximate surface area is 159 Å². The summed E-state index contributed by atoms with van der Waals surface area (Å²) in [6, 6.07) is 8.91. The van der Waals surface area contributed by atoms with Crippen molar-refractivity contribution in [2.24, 2.45) is 10.4 Å². The molecule has 1 aliphatic rings. The van der Waals surface area contributed by atoms with E-state index in [1.165, 1.54) is 27.8 Å². The van der Waals surface area contributed by atoms with E-state index in [9.17, 15) is 0 Å². The van der Waals surface area contributed by atoms with E-state index < -0.39 is 0 Å². The largest absolute Gasteiger partial charge is 0.257 e. The van der Waals surface area contributed by atoms with Gasteiger partial charge in [-0.2, -0.15) is 0 Å². The molecule has 0 radical (unpaired) electrons. The van der Waals surface area contributed by atoms with Crippen molar-refractivity contribution in [2.75, 3.05) is 0 Å². The summed E-state index contributed by atoms with van der Waals surface area (Å²) < 4.78 is 0. The van der Waals surface area contributed by atoms with Crippen LogP contribution in [0.2, 0.25) is 0 Å². The number of benzene rings is 1. The fourth-order valence-corrected chi connectivity index (χ4v) is 3.44. The monoisotopic (exact) mass is 347 g/mol. The van der Waals surface area contributed by atoms with E-state index in [4.69, 9.17) is 0 Å². The topological polar surface area (TPSA) is 12.4 Å². The quantitative estimate of drug-likeness (QED) is 0.401. The fourth-order valence-electron chi connectivity index (χ4n) is 3.44. The molecule has 0 aliphatic heterocycles. The third kappa shape index (κ3) is 6.32. The summed E-state index contributed by atoms with van der Waals surface area (Å²) in [5.41, 5.74) is 11.6. The van der Waals surface area contributed by atoms with Crippen LogP contribution >= 0.6 is 0 Å². The van der Waals surface area contributed by atoms with E-state index in [1.807, 2.05) is 13.1 Å². The molecule has 0 N–H and O–H groups in total. The molecule has 1 aliphatic carbocycles. The highest BCUT2D eigenvalue weighted by Gasteiger charge is 2.12. The molecule has 0 unspecified atom stereocenters. The smallest absolute Gasteiger partial charge is 0.0863 e. The third-order valence-electron chi connectivity index (χ3n) is 4.53. The molecule has 1 nitrogen and oxygen atoms in total. The number of allylic oxidation sites excluding steroid dienone is 5. The highest BCUT2D eigenvalue weighted by Crippen LogP contribution is 2.25. The highest BCUT2D eigenvalue weighted by atomic mass is 14.7. The van der Waals surface area contributed by atoms with Gasteiger partial charge in [0, 0.05) is 12.6 Å². The van der Waals surface area contributed by atoms with Gasteiger partial charge in [0.1, 0.15) is 0 Å². The molecule has 1 aromatic rings. The second-order valence-electron chi connectivity index (χ2n) is 8.33. The predicted octanol–water partition coefficient (Wildman–Crippen LogP) is 7.00. The molecule has 26 heavy (non-hydrogen) atoms. The van der Waals surface area contributed by atoms with Gasteiger partial charge >= 0.3 is 0 Å². The lowest BCUT2D eigenvalue weighted by atomic mass is 9.87. The van der Waals surface area contributed by atoms with Gasteiger partial charge in [0.25, 0.3) is 0 Å². The molecular formula is C25H33N. The number of hydrogen-bond acceptors (Lipinski definition) is 1. The van der Waals surface area contributed by atoms with Gasteiger partial charge in [-0.15, -0.1) is 0 Å². The molecule has 1 aromatic carbocycles. The van der Waals surface area contributed by atoms with Gasteiger partial charge < -0.3 is 0 Å². The van der Waals surface area contributed by atoms with Gasteiger partial charge in [-0.1, -0.05) is 63.8 Å². The van der Waals surface area contributed by atoms with Crippen LogP contribution in [-0.4, -0.2) is 6.21 Å². The zero-order valence-electron chi connectivity index (χ0n) is 17.3. The Balaban J connectivity index is 2.29. The van der Waals surface area contributed by atoms with E-state index in [1.54, 1.807) is 0 Å². The Morgan fingerprint density at radius 1 is 1.23 bits per heavy atom. The molecule has 2 rings (SSSR count). The molecule has 0 bridgehead atoms. The van der Waals surface area contributed by atoms with Crippen LogP contribution in [0.3, 0.4) is 0 Å². The molecule has 0 aromatic heterocycles. The van der Waals surface area contributed by atoms with Crippen LogP contribution in [0, 0.1) is 5.41 Å². The number of rotatable bonds is 5. The van der Waals surface area contributed by atoms with Crippen LogP contribution in [0.15, 0.2) is 69.6 Å². The summed E-state index contributed by atoms with van der Waals surface area (Å²) in [5, 5.41) is 0. The predicted molar refractivity (Wildman–Crippen MR) is 115 cm³/mol. The van der Waals surface area contributed by atoms with Crippen LogP contribution in [0.1, 0.15) is 65.5 Å². The molecule has 0 saturated heterocycles. The first-order valence-electron chi connectivity index (χ1n) is 9.73. The minimum Gasteiger partial charge on any atom is -0.257 e. The summed E-state index contributed by atoms with van der Waals surface area (Å²) in [4.78, 5) is 4.59. The summed E-state index contributed by atoms with van der Waals surface area (Å²) >= 11 is 0. The maximum Gasteiger partial charge on any atom is 0.0863 e. The van der Waals surface area contributed by atoms with E-state index in [-0.39, 0.29) is 0 Å². The molecule has 0 spiro atoms. The Kier molecular flexibility index (Phi) is 7.00. The van der Waals surface area contributed by atoms with Crippen LogP contribution in [0.4, 0.5) is 0 Å². The Bertz CT molecular complexity index is 788. The zero-order valence-corrected chi connectivity index (χ0v) is 17.3. The zero-order chi connectivity index (χ0) is 19.2. The van der Waals surface area contributed by atoms with Gasteiger partial charge in [-0.25, -0.2) is 0 Å². The van der Waals surface area contributed by atoms with E-state index in [0.29, 0.717) is 5.41 Å². The van der Waals surface area contributed by atoms with E-state index >= 15 is 0 Å². The van der Waals surface area contributed by atoms with Gasteiger partial charge in [-0.3, -0.25) is 4.99 Å². The third-order valence-corrected chi connectivity index (χ3v) is 4.53. The van der Waals surface area contributed by atoms with Crippen LogP contribution < -0.4 is 0 Å². The minimum absolute atomic E-state index is 0.300. The number of nitrogens with zero attached hydrogens (tertiary/aromatic N) is 1. The lowest BCUT2D eigenvalue weighted by molar-refractivity contribution is 0.411. The maximum atomic E-state index is 4.59. The highest BCUT2D eigenvalue weighted by molar-refractivity contribution is 5.55. The molecule has 138 valence electrons. The van der Waals surface area contributed by atoms with Crippen molar-refractivity contribution in [1.82, 2.24) is 0 Å². The van der Waals surface area contributed by atoms with Crippen LogP contribution in [-0.2, 0) is 12.8 Å². The molecule has 0 heterocycles. The first kappa shape index (κ1) is 20.2. The van der Waals surface area contributed by atoms with Crippen molar-refractivity contribution in [3.8, 4) is 0 Å². The average Bonchev–Trinajstić information content (AvgIpc) is 2.54. The van der Waals surface area contributed by atoms with Crippen molar-refractivity contribution in [3.05, 3.63) is 75.7 Å². The molecule has 0 amide bonds. The van der Waals surface area contributed by atoms with Crippen molar-refractivity contribution < 1.29 is 0 Å². The van der Waals surface area contributed by atoms with Gasteiger partial charge in [-0.05, 0) is 72.4 Å². The van der Waals surface area contributed by atoms with Gasteiger partial charge in [0.15, 0.2) is 0 Å². The second kappa shape index (κ2) is 9.01. The summed E-state index contributed by atoms with van der Waals surface area (Å²) in [7, 11) is 0. The van der Waals surface area contributed by atoms with E-state index in [0.717, 1.165) is 31.4 Å². The fraction of sp³-hybridized carbons (Fsp3) is 0.440. The number of hydrogen-bond donors (Lipinski definition) is 0. The molecule has 0 fully saturated rings. The molecular weight excluding hydrogens is 314 g/mol. The lowest BCUT2D eigenvalue weighted by Gasteiger charge is -2.18. The standard InChI is InChI=1S/C25H33N/c1-7-23-13-12-21(14-19(23)3)17-24(26-8-2)16-20-10-9-11-22(15-20)18-25(4,5)6/h8-11,13-15H,7,12,16,18H2,1-6H3. The normalized spacial score (nSPS) is 14.9. The van der Waals surface area contributed by atoms with Crippen molar-refractivity contribution in [2.45, 2.75) is 67.2 Å². The summed E-state index contributed by atoms with van der Waals surface area (Å²) in [6.45, 7) is 13.2. The van der Waals surface area contributed by atoms with Crippen molar-refractivity contribution in [3.63, 3.8) is 0 Å². The summed E-state index contributed by atoms with van der Waals surface area (Å²) in [5.74, 6) is 0. The lowest BCUT2D eigenvalue weighted by Crippen LogP contribution is -2.09. The first-order chi connectivity index (χ1) is 12.3. The SMILES string of the molecule is CC=NC(=C=C1C=C(C)C(CC)=CC1)Cc1cccc(CC(C)(C)C)c1. The van der Waals surface area contributed by atoms with Gasteiger partial charge in [0.2, 0.25) is 0 Å². The molecule has 1 heteroatoms.